The van der Waals surface area contributed by atoms with Gasteiger partial charge >= 0.3 is 0 Å². The molecular weight excluding hydrogens is 617 g/mol. The molecular formula is C39H45F3N2O4. The summed E-state index contributed by atoms with van der Waals surface area (Å²) in [6.07, 6.45) is 4.45. The minimum absolute atomic E-state index is 0.250. The summed E-state index contributed by atoms with van der Waals surface area (Å²) in [6, 6.07) is 21.7. The van der Waals surface area contributed by atoms with Crippen molar-refractivity contribution in [3.63, 3.8) is 0 Å². The van der Waals surface area contributed by atoms with Gasteiger partial charge in [0.25, 0.3) is 12.4 Å². The van der Waals surface area contributed by atoms with Gasteiger partial charge in [-0.15, -0.1) is 0 Å². The second kappa shape index (κ2) is 16.1. The largest absolute Gasteiger partial charge is 0.496 e. The summed E-state index contributed by atoms with van der Waals surface area (Å²) < 4.78 is 53.0. The summed E-state index contributed by atoms with van der Waals surface area (Å²) in [6.45, 7) is 7.04. The van der Waals surface area contributed by atoms with E-state index in [0.29, 0.717) is 37.3 Å². The van der Waals surface area contributed by atoms with Crippen molar-refractivity contribution in [1.29, 1.82) is 0 Å². The minimum Gasteiger partial charge on any atom is -0.496 e. The van der Waals surface area contributed by atoms with Crippen LogP contribution in [-0.4, -0.2) is 49.7 Å². The third-order valence-corrected chi connectivity index (χ3v) is 9.26. The van der Waals surface area contributed by atoms with Gasteiger partial charge in [-0.2, -0.15) is 0 Å². The maximum Gasteiger partial charge on any atom is 0.290 e. The van der Waals surface area contributed by atoms with Gasteiger partial charge in [-0.1, -0.05) is 74.0 Å². The molecule has 4 aromatic carbocycles. The number of ether oxygens (including phenoxy) is 2. The predicted molar refractivity (Wildman–Crippen MR) is 186 cm³/mol. The highest BCUT2D eigenvalue weighted by molar-refractivity contribution is 6.01. The highest BCUT2D eigenvalue weighted by atomic mass is 19.3. The van der Waals surface area contributed by atoms with E-state index in [1.54, 1.807) is 33.3 Å². The van der Waals surface area contributed by atoms with Crippen molar-refractivity contribution in [2.75, 3.05) is 27.3 Å². The van der Waals surface area contributed by atoms with E-state index in [0.717, 1.165) is 52.0 Å². The molecule has 2 saturated heterocycles. The van der Waals surface area contributed by atoms with Crippen molar-refractivity contribution in [2.24, 2.45) is 17.6 Å². The molecule has 2 heterocycles. The number of hydrogen-bond donors (Lipinski definition) is 2. The highest BCUT2D eigenvalue weighted by Crippen LogP contribution is 2.53. The summed E-state index contributed by atoms with van der Waals surface area (Å²) >= 11 is 0. The third-order valence-electron chi connectivity index (χ3n) is 9.26. The third kappa shape index (κ3) is 7.46. The molecule has 2 atom stereocenters. The minimum atomic E-state index is -2.50. The zero-order chi connectivity index (χ0) is 35.0. The number of rotatable bonds is 8. The van der Waals surface area contributed by atoms with Crippen LogP contribution in [0, 0.1) is 24.6 Å². The monoisotopic (exact) mass is 662 g/mol. The van der Waals surface area contributed by atoms with Gasteiger partial charge in [0.1, 0.15) is 17.3 Å². The lowest BCUT2D eigenvalue weighted by atomic mass is 9.67. The Balaban J connectivity index is 0.000000290. The molecule has 3 N–H and O–H groups in total. The first kappa shape index (κ1) is 36.3. The van der Waals surface area contributed by atoms with Crippen LogP contribution in [-0.2, 0) is 17.8 Å². The molecule has 6 nitrogen and oxygen atoms in total. The Morgan fingerprint density at radius 3 is 2.21 bits per heavy atom. The molecule has 7 rings (SSSR count). The summed E-state index contributed by atoms with van der Waals surface area (Å²) in [4.78, 5) is 10.5. The quantitative estimate of drug-likeness (QED) is 0.184. The highest BCUT2D eigenvalue weighted by Gasteiger charge is 2.60. The molecule has 1 aliphatic carbocycles. The molecule has 4 aromatic rings. The molecule has 48 heavy (non-hydrogen) atoms. The van der Waals surface area contributed by atoms with Crippen LogP contribution in [0.25, 0.3) is 27.6 Å². The number of carboxylic acid groups (broad SMARTS) is 1. The summed E-state index contributed by atoms with van der Waals surface area (Å²) in [5.41, 5.74) is 11.8. The molecule has 2 aliphatic heterocycles. The first-order valence-electron chi connectivity index (χ1n) is 16.2. The smallest absolute Gasteiger partial charge is 0.290 e. The second-order valence-electron chi connectivity index (χ2n) is 12.2. The number of piperidine rings is 2. The van der Waals surface area contributed by atoms with Crippen molar-refractivity contribution < 1.29 is 32.5 Å². The number of nitrogens with zero attached hydrogens (tertiary/aromatic N) is 1. The molecule has 0 aromatic heterocycles. The van der Waals surface area contributed by atoms with Gasteiger partial charge in [-0.05, 0) is 66.3 Å². The number of fused-ring (bicyclic) bond motifs is 3. The van der Waals surface area contributed by atoms with Gasteiger partial charge in [-0.25, -0.2) is 13.2 Å². The van der Waals surface area contributed by atoms with E-state index in [1.807, 2.05) is 25.1 Å². The van der Waals surface area contributed by atoms with Crippen molar-refractivity contribution in [2.45, 2.75) is 52.5 Å². The lowest BCUT2D eigenvalue weighted by Gasteiger charge is -2.53. The molecule has 3 fully saturated rings. The summed E-state index contributed by atoms with van der Waals surface area (Å²) in [7, 11) is 3.35. The second-order valence-corrected chi connectivity index (χ2v) is 12.2. The molecule has 0 radical (unpaired) electrons. The Morgan fingerprint density at radius 2 is 1.62 bits per heavy atom. The van der Waals surface area contributed by atoms with Crippen molar-refractivity contribution >= 4 is 22.9 Å². The van der Waals surface area contributed by atoms with E-state index in [9.17, 15) is 13.2 Å². The van der Waals surface area contributed by atoms with Gasteiger partial charge in [0.15, 0.2) is 0 Å². The number of carbonyl (C=O) groups is 1. The average molecular weight is 663 g/mol. The first-order chi connectivity index (χ1) is 23.1. The van der Waals surface area contributed by atoms with Crippen LogP contribution in [0.1, 0.15) is 48.9 Å². The molecule has 0 spiro atoms. The van der Waals surface area contributed by atoms with Crippen molar-refractivity contribution in [3.05, 3.63) is 101 Å². The number of hydrogen-bond acceptors (Lipinski definition) is 5. The van der Waals surface area contributed by atoms with Crippen LogP contribution in [0.2, 0.25) is 0 Å². The van der Waals surface area contributed by atoms with Gasteiger partial charge in [0, 0.05) is 48.3 Å². The molecule has 9 heteroatoms. The summed E-state index contributed by atoms with van der Waals surface area (Å²) in [5.74, 6) is -2.29. The fraction of sp³-hybridized carbons (Fsp3) is 0.359. The van der Waals surface area contributed by atoms with E-state index in [4.69, 9.17) is 25.1 Å². The van der Waals surface area contributed by atoms with Crippen LogP contribution >= 0.6 is 0 Å². The van der Waals surface area contributed by atoms with Crippen LogP contribution in [0.4, 0.5) is 13.2 Å². The molecule has 2 bridgehead atoms. The standard InChI is InChI=1S/C28H31F2NO2.C10H12FN.CH2O2/c1-4-7-18-8-5-10-23-22(18)9-6-11-24(23)26-25(32-2)13-12-19(27(26)33-3)15-31-16-20-14-21(17-31)28(20,29)30;1-3-9(12)10-7(2)5-4-6-8(10)11;2-1-3/h5-6,8-13,20-21H,4,7,14-17H2,1-3H3;3-6H,12H2,1-2H3;1H,(H,2,3)/b;9-3+;. The van der Waals surface area contributed by atoms with Gasteiger partial charge in [0.2, 0.25) is 0 Å². The Kier molecular flexibility index (Phi) is 12.2. The number of alkyl halides is 2. The van der Waals surface area contributed by atoms with Gasteiger partial charge in [0.05, 0.1) is 19.8 Å². The fourth-order valence-electron chi connectivity index (χ4n) is 6.90. The number of allylic oxidation sites excluding steroid dienone is 1. The SMILES string of the molecule is C/C=C(/N)c1c(C)cccc1F.CCCc1cccc2c(-c3c(OC)ccc(CN4CC5CC(C4)C5(F)F)c3OC)cccc12.O=CO. The topological polar surface area (TPSA) is 85.0 Å². The van der Waals surface area contributed by atoms with Crippen LogP contribution in [0.3, 0.4) is 0 Å². The van der Waals surface area contributed by atoms with E-state index in [-0.39, 0.29) is 12.3 Å². The fourth-order valence-corrected chi connectivity index (χ4v) is 6.90. The van der Waals surface area contributed by atoms with Crippen LogP contribution < -0.4 is 15.2 Å². The van der Waals surface area contributed by atoms with Crippen molar-refractivity contribution in [3.8, 4) is 22.6 Å². The van der Waals surface area contributed by atoms with Crippen LogP contribution in [0.5, 0.6) is 11.5 Å². The number of methoxy groups -OCH3 is 2. The molecule has 3 aliphatic rings. The Hall–Kier alpha value is -4.50. The first-order valence-corrected chi connectivity index (χ1v) is 16.2. The molecule has 2 unspecified atom stereocenters. The van der Waals surface area contributed by atoms with E-state index in [1.165, 1.54) is 17.0 Å². The van der Waals surface area contributed by atoms with E-state index in [2.05, 4.69) is 48.2 Å². The zero-order valence-electron chi connectivity index (χ0n) is 28.2. The molecule has 0 amide bonds. The van der Waals surface area contributed by atoms with Crippen molar-refractivity contribution in [1.82, 2.24) is 4.90 Å². The Labute approximate surface area is 281 Å². The Bertz CT molecular complexity index is 1720. The molecule has 1 saturated carbocycles. The summed E-state index contributed by atoms with van der Waals surface area (Å²) in [5, 5.41) is 9.29. The van der Waals surface area contributed by atoms with E-state index < -0.39 is 17.8 Å². The lowest BCUT2D eigenvalue weighted by molar-refractivity contribution is -0.227. The lowest BCUT2D eigenvalue weighted by Crippen LogP contribution is -2.62. The number of nitrogens with two attached hydrogens (primary N) is 1. The number of aryl methyl sites for hydroxylation is 2. The maximum atomic E-state index is 14.1. The van der Waals surface area contributed by atoms with Crippen LogP contribution in [0.15, 0.2) is 72.8 Å². The van der Waals surface area contributed by atoms with E-state index >= 15 is 0 Å². The Morgan fingerprint density at radius 1 is 0.979 bits per heavy atom. The zero-order valence-corrected chi connectivity index (χ0v) is 28.2. The number of halogens is 3. The maximum absolute atomic E-state index is 14.1. The number of benzene rings is 4. The van der Waals surface area contributed by atoms with Gasteiger partial charge < -0.3 is 20.3 Å². The predicted octanol–water partition coefficient (Wildman–Crippen LogP) is 8.72. The average Bonchev–Trinajstić information content (AvgIpc) is 3.08. The normalized spacial score (nSPS) is 18.0. The van der Waals surface area contributed by atoms with Gasteiger partial charge in [-0.3, -0.25) is 9.69 Å². The molecule has 256 valence electrons.